The molecule has 4 nitrogen and oxygen atoms in total. The monoisotopic (exact) mass is 240 g/mol. The standard InChI is InChI=1S/C11H20N4S/c1-2-11(15-5-3-4-6-15)8-12-7-10-9-16-14-13-10/h9,11-12H,2-8H2,1H3. The van der Waals surface area contributed by atoms with Crippen LogP contribution >= 0.6 is 11.5 Å². The van der Waals surface area contributed by atoms with E-state index in [0.29, 0.717) is 6.04 Å². The van der Waals surface area contributed by atoms with E-state index in [9.17, 15) is 0 Å². The normalized spacial score (nSPS) is 19.1. The average molecular weight is 240 g/mol. The van der Waals surface area contributed by atoms with Crippen molar-refractivity contribution in [3.63, 3.8) is 0 Å². The lowest BCUT2D eigenvalue weighted by atomic mass is 10.2. The Morgan fingerprint density at radius 3 is 2.94 bits per heavy atom. The van der Waals surface area contributed by atoms with Crippen LogP contribution in [0.1, 0.15) is 31.9 Å². The number of nitrogens with zero attached hydrogens (tertiary/aromatic N) is 3. The van der Waals surface area contributed by atoms with Gasteiger partial charge in [0, 0.05) is 24.5 Å². The van der Waals surface area contributed by atoms with Crippen LogP contribution in [0.2, 0.25) is 0 Å². The Hall–Kier alpha value is -0.520. The van der Waals surface area contributed by atoms with E-state index in [1.807, 2.05) is 5.38 Å². The molecule has 0 aromatic carbocycles. The summed E-state index contributed by atoms with van der Waals surface area (Å²) in [6.45, 7) is 6.74. The molecule has 5 heteroatoms. The molecule has 16 heavy (non-hydrogen) atoms. The smallest absolute Gasteiger partial charge is 0.0893 e. The number of aromatic nitrogens is 2. The minimum Gasteiger partial charge on any atom is -0.310 e. The molecule has 1 aromatic rings. The van der Waals surface area contributed by atoms with E-state index in [0.717, 1.165) is 18.8 Å². The molecular weight excluding hydrogens is 220 g/mol. The lowest BCUT2D eigenvalue weighted by Crippen LogP contribution is -2.40. The number of rotatable bonds is 6. The predicted octanol–water partition coefficient (Wildman–Crippen LogP) is 1.50. The molecule has 0 aliphatic carbocycles. The largest absolute Gasteiger partial charge is 0.310 e. The molecule has 0 radical (unpaired) electrons. The van der Waals surface area contributed by atoms with E-state index in [1.165, 1.54) is 43.9 Å². The quantitative estimate of drug-likeness (QED) is 0.818. The van der Waals surface area contributed by atoms with Crippen LogP contribution in [0.4, 0.5) is 0 Å². The molecule has 1 aliphatic heterocycles. The Labute approximate surface area is 101 Å². The van der Waals surface area contributed by atoms with Gasteiger partial charge in [0.15, 0.2) is 0 Å². The van der Waals surface area contributed by atoms with Crippen molar-refractivity contribution in [2.45, 2.75) is 38.8 Å². The summed E-state index contributed by atoms with van der Waals surface area (Å²) in [6.07, 6.45) is 3.96. The first-order valence-corrected chi connectivity index (χ1v) is 6.94. The Bertz CT molecular complexity index is 282. The summed E-state index contributed by atoms with van der Waals surface area (Å²) in [5.41, 5.74) is 1.06. The number of hydrogen-bond acceptors (Lipinski definition) is 5. The first-order chi connectivity index (χ1) is 7.90. The molecule has 0 bridgehead atoms. The maximum atomic E-state index is 4.03. The van der Waals surface area contributed by atoms with Gasteiger partial charge in [0.05, 0.1) is 5.69 Å². The van der Waals surface area contributed by atoms with Crippen molar-refractivity contribution in [1.82, 2.24) is 19.8 Å². The van der Waals surface area contributed by atoms with Gasteiger partial charge in [0.1, 0.15) is 0 Å². The van der Waals surface area contributed by atoms with Crippen LogP contribution in [-0.4, -0.2) is 40.2 Å². The molecule has 90 valence electrons. The molecule has 1 aromatic heterocycles. The van der Waals surface area contributed by atoms with Crippen LogP contribution < -0.4 is 5.32 Å². The van der Waals surface area contributed by atoms with Crippen molar-refractivity contribution in [2.75, 3.05) is 19.6 Å². The summed E-state index contributed by atoms with van der Waals surface area (Å²) in [4.78, 5) is 2.60. The minimum atomic E-state index is 0.689. The van der Waals surface area contributed by atoms with Crippen LogP contribution in [0.3, 0.4) is 0 Å². The van der Waals surface area contributed by atoms with Gasteiger partial charge in [-0.05, 0) is 43.9 Å². The average Bonchev–Trinajstić information content (AvgIpc) is 2.96. The summed E-state index contributed by atoms with van der Waals surface area (Å²) in [6, 6.07) is 0.689. The van der Waals surface area contributed by atoms with E-state index in [4.69, 9.17) is 0 Å². The molecule has 2 heterocycles. The number of hydrogen-bond donors (Lipinski definition) is 1. The summed E-state index contributed by atoms with van der Waals surface area (Å²) in [5, 5.41) is 9.51. The van der Waals surface area contributed by atoms with Gasteiger partial charge >= 0.3 is 0 Å². The summed E-state index contributed by atoms with van der Waals surface area (Å²) in [7, 11) is 0. The van der Waals surface area contributed by atoms with E-state index in [1.54, 1.807) is 0 Å². The van der Waals surface area contributed by atoms with Crippen molar-refractivity contribution < 1.29 is 0 Å². The highest BCUT2D eigenvalue weighted by Gasteiger charge is 2.19. The SMILES string of the molecule is CCC(CNCc1csnn1)N1CCCC1. The van der Waals surface area contributed by atoms with Gasteiger partial charge in [-0.1, -0.05) is 11.4 Å². The van der Waals surface area contributed by atoms with Crippen molar-refractivity contribution in [2.24, 2.45) is 0 Å². The molecule has 1 saturated heterocycles. The zero-order chi connectivity index (χ0) is 11.2. The fraction of sp³-hybridized carbons (Fsp3) is 0.818. The van der Waals surface area contributed by atoms with Crippen molar-refractivity contribution >= 4 is 11.5 Å². The van der Waals surface area contributed by atoms with Crippen LogP contribution in [0, 0.1) is 0 Å². The zero-order valence-corrected chi connectivity index (χ0v) is 10.7. The molecule has 1 unspecified atom stereocenters. The molecule has 1 fully saturated rings. The second-order valence-electron chi connectivity index (χ2n) is 4.33. The van der Waals surface area contributed by atoms with Gasteiger partial charge in [-0.15, -0.1) is 5.10 Å². The Morgan fingerprint density at radius 2 is 2.31 bits per heavy atom. The van der Waals surface area contributed by atoms with Gasteiger partial charge in [0.25, 0.3) is 0 Å². The third-order valence-electron chi connectivity index (χ3n) is 3.22. The van der Waals surface area contributed by atoms with Crippen molar-refractivity contribution in [3.05, 3.63) is 11.1 Å². The van der Waals surface area contributed by atoms with Crippen LogP contribution in [0.15, 0.2) is 5.38 Å². The Kier molecular flexibility index (Phi) is 4.69. The number of likely N-dealkylation sites (tertiary alicyclic amines) is 1. The van der Waals surface area contributed by atoms with Gasteiger partial charge in [-0.25, -0.2) is 0 Å². The first-order valence-electron chi connectivity index (χ1n) is 6.11. The van der Waals surface area contributed by atoms with Crippen molar-refractivity contribution in [3.8, 4) is 0 Å². The first kappa shape index (κ1) is 12.0. The highest BCUT2D eigenvalue weighted by Crippen LogP contribution is 2.13. The van der Waals surface area contributed by atoms with Crippen LogP contribution in [-0.2, 0) is 6.54 Å². The molecule has 2 rings (SSSR count). The Morgan fingerprint density at radius 1 is 1.50 bits per heavy atom. The third-order valence-corrected chi connectivity index (χ3v) is 3.77. The molecule has 1 aliphatic rings. The van der Waals surface area contributed by atoms with E-state index in [-0.39, 0.29) is 0 Å². The van der Waals surface area contributed by atoms with Crippen LogP contribution in [0.5, 0.6) is 0 Å². The summed E-state index contributed by atoms with van der Waals surface area (Å²) < 4.78 is 3.86. The predicted molar refractivity (Wildman–Crippen MR) is 66.5 cm³/mol. The van der Waals surface area contributed by atoms with Crippen LogP contribution in [0.25, 0.3) is 0 Å². The second-order valence-corrected chi connectivity index (χ2v) is 4.94. The molecule has 0 amide bonds. The molecule has 1 atom stereocenters. The molecule has 1 N–H and O–H groups in total. The highest BCUT2D eigenvalue weighted by atomic mass is 32.1. The Balaban J connectivity index is 1.70. The highest BCUT2D eigenvalue weighted by molar-refractivity contribution is 7.03. The van der Waals surface area contributed by atoms with E-state index in [2.05, 4.69) is 26.7 Å². The maximum absolute atomic E-state index is 4.03. The fourth-order valence-corrected chi connectivity index (χ4v) is 2.72. The number of nitrogens with one attached hydrogen (secondary N) is 1. The van der Waals surface area contributed by atoms with Gasteiger partial charge in [-0.3, -0.25) is 4.90 Å². The summed E-state index contributed by atoms with van der Waals surface area (Å²) in [5.74, 6) is 0. The van der Waals surface area contributed by atoms with Crippen molar-refractivity contribution in [1.29, 1.82) is 0 Å². The molecule has 0 saturated carbocycles. The summed E-state index contributed by atoms with van der Waals surface area (Å²) >= 11 is 1.42. The second kappa shape index (κ2) is 6.27. The zero-order valence-electron chi connectivity index (χ0n) is 9.85. The topological polar surface area (TPSA) is 41.1 Å². The fourth-order valence-electron chi connectivity index (χ4n) is 2.27. The van der Waals surface area contributed by atoms with Gasteiger partial charge < -0.3 is 5.32 Å². The lowest BCUT2D eigenvalue weighted by molar-refractivity contribution is 0.229. The van der Waals surface area contributed by atoms with Gasteiger partial charge in [-0.2, -0.15) is 0 Å². The van der Waals surface area contributed by atoms with E-state index >= 15 is 0 Å². The lowest BCUT2D eigenvalue weighted by Gasteiger charge is -2.26. The molecule has 0 spiro atoms. The molecular formula is C11H20N4S. The van der Waals surface area contributed by atoms with E-state index < -0.39 is 0 Å². The van der Waals surface area contributed by atoms with Gasteiger partial charge in [0.2, 0.25) is 0 Å². The third kappa shape index (κ3) is 3.23. The minimum absolute atomic E-state index is 0.689. The maximum Gasteiger partial charge on any atom is 0.0893 e.